The number of ether oxygens (including phenoxy) is 2. The van der Waals surface area contributed by atoms with Crippen molar-refractivity contribution in [3.63, 3.8) is 0 Å². The first-order chi connectivity index (χ1) is 24.7. The number of amides is 4. The number of methoxy groups -OCH3 is 1. The molecular formula is C38H48N6O7. The summed E-state index contributed by atoms with van der Waals surface area (Å²) in [5.41, 5.74) is 1.94. The van der Waals surface area contributed by atoms with E-state index in [9.17, 15) is 19.2 Å². The van der Waals surface area contributed by atoms with E-state index in [1.807, 2.05) is 48.5 Å². The maximum absolute atomic E-state index is 13.9. The van der Waals surface area contributed by atoms with E-state index >= 15 is 0 Å². The molecule has 4 heterocycles. The Labute approximate surface area is 298 Å². The van der Waals surface area contributed by atoms with Crippen LogP contribution >= 0.6 is 0 Å². The molecule has 2 saturated heterocycles. The number of hydrogen-bond donors (Lipinski definition) is 3. The summed E-state index contributed by atoms with van der Waals surface area (Å²) >= 11 is 0. The third-order valence-electron chi connectivity index (χ3n) is 10.5. The lowest BCUT2D eigenvalue weighted by Gasteiger charge is -2.42. The molecule has 4 amide bonds. The molecule has 13 nitrogen and oxygen atoms in total. The van der Waals surface area contributed by atoms with Gasteiger partial charge >= 0.3 is 6.09 Å². The quantitative estimate of drug-likeness (QED) is 0.359. The molecule has 0 saturated carbocycles. The van der Waals surface area contributed by atoms with Gasteiger partial charge in [-0.25, -0.2) is 4.79 Å². The van der Waals surface area contributed by atoms with E-state index in [2.05, 4.69) is 32.1 Å². The second-order valence-electron chi connectivity index (χ2n) is 14.0. The topological polar surface area (TPSA) is 155 Å². The molecule has 3 aliphatic rings. The van der Waals surface area contributed by atoms with Gasteiger partial charge < -0.3 is 34.8 Å². The van der Waals surface area contributed by atoms with Gasteiger partial charge in [0.15, 0.2) is 5.76 Å². The molecule has 3 aromatic rings. The molecule has 6 rings (SSSR count). The lowest BCUT2D eigenvalue weighted by Crippen LogP contribution is -2.57. The molecule has 0 aliphatic carbocycles. The normalized spacial score (nSPS) is 21.8. The van der Waals surface area contributed by atoms with Crippen molar-refractivity contribution >= 4 is 23.8 Å². The van der Waals surface area contributed by atoms with Gasteiger partial charge in [-0.05, 0) is 67.7 Å². The van der Waals surface area contributed by atoms with Gasteiger partial charge in [0, 0.05) is 52.1 Å². The summed E-state index contributed by atoms with van der Waals surface area (Å²) in [6.45, 7) is 5.25. The number of rotatable bonds is 5. The standard InChI is InChI=1S/C38H48N6O7/c1-26-35-32(51-42-26)22-40-33(45)20-29-12-16-44(37(48)50-25-27-7-4-3-5-8-27)24-30(29)11-15-39-34(46)21-38(41-36(35)47)13-17-43(18-14-38)23-28-9-6-10-31(19-28)49-2/h3-10,19,29-30H,11-18,20-25H2,1-2H3,(H,39,46)(H,40,45)(H,41,47)/t29-,30-/m0/s1. The average Bonchev–Trinajstić information content (AvgIpc) is 3.51. The van der Waals surface area contributed by atoms with Gasteiger partial charge in [0.05, 0.1) is 24.9 Å². The highest BCUT2D eigenvalue weighted by Crippen LogP contribution is 2.31. The molecule has 3 N–H and O–H groups in total. The third kappa shape index (κ3) is 9.26. The van der Waals surface area contributed by atoms with Crippen LogP contribution in [0, 0.1) is 18.8 Å². The highest BCUT2D eigenvalue weighted by atomic mass is 16.6. The van der Waals surface area contributed by atoms with E-state index in [4.69, 9.17) is 14.0 Å². The first kappa shape index (κ1) is 35.9. The molecular weight excluding hydrogens is 652 g/mol. The van der Waals surface area contributed by atoms with Crippen molar-refractivity contribution in [1.82, 2.24) is 30.9 Å². The van der Waals surface area contributed by atoms with Crippen LogP contribution in [-0.2, 0) is 34.0 Å². The molecule has 1 aromatic heterocycles. The minimum absolute atomic E-state index is 0.00698. The molecule has 2 aromatic carbocycles. The van der Waals surface area contributed by atoms with Gasteiger partial charge in [-0.15, -0.1) is 0 Å². The van der Waals surface area contributed by atoms with Crippen molar-refractivity contribution in [2.75, 3.05) is 39.8 Å². The minimum atomic E-state index is -0.792. The fraction of sp³-hybridized carbons (Fsp3) is 0.500. The van der Waals surface area contributed by atoms with Crippen LogP contribution in [-0.4, -0.2) is 84.1 Å². The monoisotopic (exact) mass is 700 g/mol. The lowest BCUT2D eigenvalue weighted by atomic mass is 9.80. The number of benzene rings is 2. The van der Waals surface area contributed by atoms with E-state index in [1.54, 1.807) is 18.9 Å². The number of nitrogens with zero attached hydrogens (tertiary/aromatic N) is 3. The first-order valence-electron chi connectivity index (χ1n) is 17.8. The molecule has 51 heavy (non-hydrogen) atoms. The Morgan fingerprint density at radius 2 is 1.75 bits per heavy atom. The first-order valence-corrected chi connectivity index (χ1v) is 17.8. The van der Waals surface area contributed by atoms with Crippen LogP contribution in [0.1, 0.15) is 71.5 Å². The van der Waals surface area contributed by atoms with Gasteiger partial charge in [-0.2, -0.15) is 0 Å². The SMILES string of the molecule is COc1cccc(CN2CCC3(CC2)CC(=O)NCC[C@H]2CN(C(=O)OCc4ccccc4)CC[C@H]2CC(=O)NCc2onc(C)c2C(=O)N3)c1. The van der Waals surface area contributed by atoms with Crippen molar-refractivity contribution in [1.29, 1.82) is 0 Å². The number of carbonyl (C=O) groups is 4. The maximum Gasteiger partial charge on any atom is 0.410 e. The van der Waals surface area contributed by atoms with Crippen molar-refractivity contribution in [2.45, 2.75) is 70.7 Å². The summed E-state index contributed by atoms with van der Waals surface area (Å²) in [6.07, 6.45) is 2.32. The molecule has 0 radical (unpaired) electrons. The van der Waals surface area contributed by atoms with E-state index in [0.29, 0.717) is 64.1 Å². The van der Waals surface area contributed by atoms with Gasteiger partial charge in [-0.3, -0.25) is 19.3 Å². The Morgan fingerprint density at radius 3 is 2.53 bits per heavy atom. The smallest absolute Gasteiger partial charge is 0.410 e. The number of likely N-dealkylation sites (tertiary alicyclic amines) is 2. The fourth-order valence-electron chi connectivity index (χ4n) is 7.55. The summed E-state index contributed by atoms with van der Waals surface area (Å²) < 4.78 is 16.5. The zero-order chi connectivity index (χ0) is 35.8. The van der Waals surface area contributed by atoms with Crippen molar-refractivity contribution in [2.24, 2.45) is 11.8 Å². The Kier molecular flexibility index (Phi) is 11.5. The summed E-state index contributed by atoms with van der Waals surface area (Å²) in [7, 11) is 1.65. The fourth-order valence-corrected chi connectivity index (χ4v) is 7.55. The summed E-state index contributed by atoms with van der Waals surface area (Å²) in [5, 5.41) is 13.3. The number of piperidine rings is 2. The number of hydrogen-bond acceptors (Lipinski definition) is 9. The van der Waals surface area contributed by atoms with Crippen LogP contribution in [0.5, 0.6) is 5.75 Å². The van der Waals surface area contributed by atoms with Crippen molar-refractivity contribution in [3.8, 4) is 5.75 Å². The largest absolute Gasteiger partial charge is 0.497 e. The second-order valence-corrected chi connectivity index (χ2v) is 14.0. The van der Waals surface area contributed by atoms with Crippen LogP contribution in [0.25, 0.3) is 0 Å². The number of aryl methyl sites for hydroxylation is 1. The number of carbonyl (C=O) groups excluding carboxylic acids is 4. The van der Waals surface area contributed by atoms with Crippen LogP contribution in [0.2, 0.25) is 0 Å². The van der Waals surface area contributed by atoms with Crippen LogP contribution in [0.3, 0.4) is 0 Å². The van der Waals surface area contributed by atoms with E-state index in [1.165, 1.54) is 0 Å². The third-order valence-corrected chi connectivity index (χ3v) is 10.5. The highest BCUT2D eigenvalue weighted by Gasteiger charge is 2.40. The summed E-state index contributed by atoms with van der Waals surface area (Å²) in [4.78, 5) is 57.8. The van der Waals surface area contributed by atoms with Gasteiger partial charge in [-0.1, -0.05) is 47.6 Å². The zero-order valence-corrected chi connectivity index (χ0v) is 29.4. The Hall–Kier alpha value is -4.91. The average molecular weight is 701 g/mol. The lowest BCUT2D eigenvalue weighted by molar-refractivity contribution is -0.124. The minimum Gasteiger partial charge on any atom is -0.497 e. The molecule has 0 unspecified atom stereocenters. The summed E-state index contributed by atoms with van der Waals surface area (Å²) in [6, 6.07) is 17.5. The molecule has 1 spiro atoms. The Morgan fingerprint density at radius 1 is 0.961 bits per heavy atom. The van der Waals surface area contributed by atoms with E-state index in [-0.39, 0.29) is 73.0 Å². The van der Waals surface area contributed by atoms with Gasteiger partial charge in [0.1, 0.15) is 17.9 Å². The molecule has 2 fully saturated rings. The Bertz CT molecular complexity index is 1690. The molecule has 13 heteroatoms. The molecule has 0 bridgehead atoms. The van der Waals surface area contributed by atoms with Crippen molar-refractivity contribution < 1.29 is 33.2 Å². The van der Waals surface area contributed by atoms with Crippen LogP contribution in [0.4, 0.5) is 4.79 Å². The second kappa shape index (κ2) is 16.4. The van der Waals surface area contributed by atoms with Crippen LogP contribution < -0.4 is 20.7 Å². The number of fused-ring (bicyclic) bond motifs is 2. The predicted octanol–water partition coefficient (Wildman–Crippen LogP) is 3.95. The molecule has 3 aliphatic heterocycles. The number of aromatic nitrogens is 1. The molecule has 272 valence electrons. The van der Waals surface area contributed by atoms with Gasteiger partial charge in [0.2, 0.25) is 11.8 Å². The zero-order valence-electron chi connectivity index (χ0n) is 29.4. The predicted molar refractivity (Wildman–Crippen MR) is 187 cm³/mol. The number of nitrogens with one attached hydrogen (secondary N) is 3. The van der Waals surface area contributed by atoms with E-state index in [0.717, 1.165) is 23.4 Å². The Balaban J connectivity index is 1.15. The van der Waals surface area contributed by atoms with Crippen LogP contribution in [0.15, 0.2) is 59.1 Å². The molecule has 2 atom stereocenters. The van der Waals surface area contributed by atoms with Gasteiger partial charge in [0.25, 0.3) is 5.91 Å². The van der Waals surface area contributed by atoms with E-state index < -0.39 is 5.54 Å². The highest BCUT2D eigenvalue weighted by molar-refractivity contribution is 5.97. The summed E-state index contributed by atoms with van der Waals surface area (Å²) in [5.74, 6) is 0.329. The maximum atomic E-state index is 13.9. The van der Waals surface area contributed by atoms with Crippen molar-refractivity contribution in [3.05, 3.63) is 82.7 Å².